The fourth-order valence-corrected chi connectivity index (χ4v) is 3.08. The Kier molecular flexibility index (Phi) is 5.84. The summed E-state index contributed by atoms with van der Waals surface area (Å²) in [6.07, 6.45) is 0. The van der Waals surface area contributed by atoms with E-state index in [9.17, 15) is 13.3 Å². The largest absolute Gasteiger partial charge is 0.598 e. The predicted molar refractivity (Wildman–Crippen MR) is 93.4 cm³/mol. The van der Waals surface area contributed by atoms with Crippen molar-refractivity contribution in [2.45, 2.75) is 31.6 Å². The van der Waals surface area contributed by atoms with E-state index < -0.39 is 33.8 Å². The Bertz CT molecular complexity index is 673. The smallest absolute Gasteiger partial charge is 0.136 e. The van der Waals surface area contributed by atoms with Gasteiger partial charge in [-0.2, -0.15) is 0 Å². The summed E-state index contributed by atoms with van der Waals surface area (Å²) in [5, 5.41) is 0. The fraction of sp³-hybridized carbons (Fsp3) is 0.294. The minimum atomic E-state index is -1.41. The van der Waals surface area contributed by atoms with Crippen LogP contribution < -0.4 is 4.72 Å². The van der Waals surface area contributed by atoms with Gasteiger partial charge in [-0.15, -0.1) is 4.72 Å². The molecule has 1 N–H and O–H groups in total. The maximum atomic E-state index is 14.2. The fourth-order valence-electron chi connectivity index (χ4n) is 1.99. The highest BCUT2D eigenvalue weighted by atomic mass is 79.9. The molecule has 2 aromatic rings. The van der Waals surface area contributed by atoms with Gasteiger partial charge in [-0.3, -0.25) is 0 Å². The van der Waals surface area contributed by atoms with Crippen molar-refractivity contribution in [3.05, 3.63) is 69.7 Å². The molecule has 0 fully saturated rings. The molecule has 0 aliphatic carbocycles. The molecule has 1 unspecified atom stereocenters. The first-order chi connectivity index (χ1) is 10.7. The summed E-state index contributed by atoms with van der Waals surface area (Å²) in [6, 6.07) is 10.0. The van der Waals surface area contributed by atoms with Crippen LogP contribution in [0.4, 0.5) is 8.78 Å². The second-order valence-electron chi connectivity index (χ2n) is 6.15. The SMILES string of the molecule is CC(C)(C)[S+]([O-])N[C@@H](c1ccc(Br)cc1)c1ccc(F)cc1F. The molecule has 2 aromatic carbocycles. The summed E-state index contributed by atoms with van der Waals surface area (Å²) < 4.78 is 43.2. The van der Waals surface area contributed by atoms with E-state index in [4.69, 9.17) is 0 Å². The minimum Gasteiger partial charge on any atom is -0.598 e. The van der Waals surface area contributed by atoms with Gasteiger partial charge in [0, 0.05) is 27.5 Å². The number of halogens is 3. The molecule has 2 nitrogen and oxygen atoms in total. The second-order valence-corrected chi connectivity index (χ2v) is 9.06. The minimum absolute atomic E-state index is 0.256. The van der Waals surface area contributed by atoms with Crippen molar-refractivity contribution in [3.8, 4) is 0 Å². The van der Waals surface area contributed by atoms with Crippen LogP contribution in [0.25, 0.3) is 0 Å². The molecule has 23 heavy (non-hydrogen) atoms. The Labute approximate surface area is 146 Å². The van der Waals surface area contributed by atoms with Crippen molar-refractivity contribution >= 4 is 27.3 Å². The molecule has 0 saturated heterocycles. The molecule has 6 heteroatoms. The standard InChI is InChI=1S/C17H18BrF2NOS/c1-17(2,3)23(22)21-16(11-4-6-12(18)7-5-11)14-9-8-13(19)10-15(14)20/h4-10,16,21H,1-3H3/t16-,23?/m0/s1. The quantitative estimate of drug-likeness (QED) is 0.741. The van der Waals surface area contributed by atoms with E-state index >= 15 is 0 Å². The molecule has 0 heterocycles. The van der Waals surface area contributed by atoms with Gasteiger partial charge in [0.2, 0.25) is 0 Å². The van der Waals surface area contributed by atoms with Crippen molar-refractivity contribution < 1.29 is 13.3 Å². The van der Waals surface area contributed by atoms with Crippen LogP contribution in [0.15, 0.2) is 46.9 Å². The van der Waals surface area contributed by atoms with Gasteiger partial charge in [-0.05, 0) is 44.5 Å². The summed E-state index contributed by atoms with van der Waals surface area (Å²) >= 11 is 1.94. The van der Waals surface area contributed by atoms with Crippen LogP contribution in [-0.2, 0) is 11.4 Å². The first kappa shape index (κ1) is 18.4. The highest BCUT2D eigenvalue weighted by molar-refractivity contribution is 9.10. The molecular formula is C17H18BrF2NOS. The molecule has 0 spiro atoms. The second kappa shape index (κ2) is 7.30. The maximum absolute atomic E-state index is 14.2. The van der Waals surface area contributed by atoms with Crippen LogP contribution in [0.5, 0.6) is 0 Å². The van der Waals surface area contributed by atoms with Crippen LogP contribution in [-0.4, -0.2) is 9.30 Å². The Morgan fingerprint density at radius 2 is 1.70 bits per heavy atom. The van der Waals surface area contributed by atoms with Crippen LogP contribution in [0.2, 0.25) is 0 Å². The van der Waals surface area contributed by atoms with E-state index in [1.807, 2.05) is 45.0 Å². The number of hydrogen-bond acceptors (Lipinski definition) is 2. The lowest BCUT2D eigenvalue weighted by Crippen LogP contribution is -2.41. The predicted octanol–water partition coefficient (Wildman–Crippen LogP) is 4.87. The van der Waals surface area contributed by atoms with Gasteiger partial charge in [0.1, 0.15) is 22.4 Å². The van der Waals surface area contributed by atoms with Crippen molar-refractivity contribution in [3.63, 3.8) is 0 Å². The Balaban J connectivity index is 2.44. The zero-order chi connectivity index (χ0) is 17.2. The molecule has 0 saturated carbocycles. The van der Waals surface area contributed by atoms with Crippen molar-refractivity contribution in [1.82, 2.24) is 4.72 Å². The normalized spacial score (nSPS) is 14.6. The van der Waals surface area contributed by atoms with E-state index in [0.717, 1.165) is 16.1 Å². The van der Waals surface area contributed by atoms with Gasteiger partial charge in [-0.25, -0.2) is 8.78 Å². The molecule has 2 rings (SSSR count). The molecule has 0 aliphatic rings. The Hall–Kier alpha value is -0.950. The van der Waals surface area contributed by atoms with E-state index in [1.54, 1.807) is 0 Å². The number of hydrogen-bond donors (Lipinski definition) is 1. The summed E-state index contributed by atoms with van der Waals surface area (Å²) in [5.74, 6) is -1.31. The first-order valence-corrected chi connectivity index (χ1v) is 9.01. The zero-order valence-electron chi connectivity index (χ0n) is 13.1. The highest BCUT2D eigenvalue weighted by Gasteiger charge is 2.31. The van der Waals surface area contributed by atoms with Crippen molar-refractivity contribution in [1.29, 1.82) is 0 Å². The lowest BCUT2D eigenvalue weighted by molar-refractivity contribution is 0.525. The monoisotopic (exact) mass is 401 g/mol. The molecular weight excluding hydrogens is 384 g/mol. The highest BCUT2D eigenvalue weighted by Crippen LogP contribution is 2.29. The lowest BCUT2D eigenvalue weighted by Gasteiger charge is -2.28. The molecule has 0 radical (unpaired) electrons. The van der Waals surface area contributed by atoms with Crippen molar-refractivity contribution in [2.24, 2.45) is 0 Å². The Morgan fingerprint density at radius 1 is 1.09 bits per heavy atom. The number of nitrogens with one attached hydrogen (secondary N) is 1. The van der Waals surface area contributed by atoms with Gasteiger partial charge in [0.25, 0.3) is 0 Å². The lowest BCUT2D eigenvalue weighted by atomic mass is 9.99. The number of rotatable bonds is 4. The number of benzene rings is 2. The van der Waals surface area contributed by atoms with Gasteiger partial charge in [0.05, 0.1) is 0 Å². The first-order valence-electron chi connectivity index (χ1n) is 7.07. The average Bonchev–Trinajstić information content (AvgIpc) is 2.45. The van der Waals surface area contributed by atoms with E-state index in [-0.39, 0.29) is 5.56 Å². The third-order valence-electron chi connectivity index (χ3n) is 3.26. The van der Waals surface area contributed by atoms with Crippen LogP contribution in [0, 0.1) is 11.6 Å². The van der Waals surface area contributed by atoms with Gasteiger partial charge in [0.15, 0.2) is 0 Å². The van der Waals surface area contributed by atoms with E-state index in [0.29, 0.717) is 0 Å². The van der Waals surface area contributed by atoms with Crippen molar-refractivity contribution in [2.75, 3.05) is 0 Å². The Morgan fingerprint density at radius 3 is 2.22 bits per heavy atom. The van der Waals surface area contributed by atoms with Gasteiger partial charge >= 0.3 is 0 Å². The summed E-state index contributed by atoms with van der Waals surface area (Å²) in [7, 11) is 0. The molecule has 124 valence electrons. The van der Waals surface area contributed by atoms with Crippen LogP contribution >= 0.6 is 15.9 Å². The summed E-state index contributed by atoms with van der Waals surface area (Å²) in [4.78, 5) is 0. The van der Waals surface area contributed by atoms with E-state index in [2.05, 4.69) is 20.7 Å². The molecule has 0 aromatic heterocycles. The summed E-state index contributed by atoms with van der Waals surface area (Å²) in [6.45, 7) is 5.49. The maximum Gasteiger partial charge on any atom is 0.136 e. The van der Waals surface area contributed by atoms with Gasteiger partial charge in [-0.1, -0.05) is 34.1 Å². The average molecular weight is 402 g/mol. The molecule has 0 bridgehead atoms. The molecule has 0 amide bonds. The summed E-state index contributed by atoms with van der Waals surface area (Å²) in [5.41, 5.74) is 1.00. The molecule has 2 atom stereocenters. The van der Waals surface area contributed by atoms with Crippen LogP contribution in [0.3, 0.4) is 0 Å². The molecule has 0 aliphatic heterocycles. The topological polar surface area (TPSA) is 35.1 Å². The van der Waals surface area contributed by atoms with E-state index in [1.165, 1.54) is 12.1 Å². The third kappa shape index (κ3) is 4.76. The van der Waals surface area contributed by atoms with Gasteiger partial charge < -0.3 is 4.55 Å². The third-order valence-corrected chi connectivity index (χ3v) is 5.35. The zero-order valence-corrected chi connectivity index (χ0v) is 15.5. The van der Waals surface area contributed by atoms with Crippen LogP contribution in [0.1, 0.15) is 37.9 Å².